The normalized spacial score (nSPS) is 11.2. The Morgan fingerprint density at radius 3 is 2.29 bits per heavy atom. The highest BCUT2D eigenvalue weighted by molar-refractivity contribution is 5.74. The van der Waals surface area contributed by atoms with Crippen molar-refractivity contribution in [2.24, 2.45) is 5.73 Å². The van der Waals surface area contributed by atoms with Crippen LogP contribution in [0.15, 0.2) is 36.4 Å². The number of nitrogens with two attached hydrogens (primary N) is 1. The molecule has 0 atom stereocenters. The fraction of sp³-hybridized carbons (Fsp3) is 0.300. The minimum Gasteiger partial charge on any atom is -0.330 e. The maximum absolute atomic E-state index is 5.60. The van der Waals surface area contributed by atoms with Crippen LogP contribution in [0.1, 0.15) is 39.8 Å². The van der Waals surface area contributed by atoms with E-state index in [1.54, 1.807) is 0 Å². The Hall–Kier alpha value is -1.86. The van der Waals surface area contributed by atoms with Gasteiger partial charge in [0.05, 0.1) is 0 Å². The fourth-order valence-electron chi connectivity index (χ4n) is 2.59. The van der Waals surface area contributed by atoms with E-state index in [0.29, 0.717) is 0 Å². The Balaban J connectivity index is 2.28. The highest BCUT2D eigenvalue weighted by Crippen LogP contribution is 2.19. The summed E-state index contributed by atoms with van der Waals surface area (Å²) in [6, 6.07) is 13.1. The number of hydrogen-bond acceptors (Lipinski definition) is 1. The number of aryl methyl sites for hydroxylation is 4. The summed E-state index contributed by atoms with van der Waals surface area (Å²) in [6.07, 6.45) is 6.57. The molecule has 0 spiro atoms. The molecule has 0 aliphatic carbocycles. The van der Waals surface area contributed by atoms with E-state index < -0.39 is 0 Å². The summed E-state index contributed by atoms with van der Waals surface area (Å²) in [6.45, 7) is 7.24. The van der Waals surface area contributed by atoms with Crippen LogP contribution in [0.25, 0.3) is 12.2 Å². The Morgan fingerprint density at radius 2 is 1.62 bits per heavy atom. The van der Waals surface area contributed by atoms with E-state index in [2.05, 4.69) is 69.3 Å². The van der Waals surface area contributed by atoms with E-state index in [-0.39, 0.29) is 0 Å². The Morgan fingerprint density at radius 1 is 0.905 bits per heavy atom. The van der Waals surface area contributed by atoms with Gasteiger partial charge in [-0.2, -0.15) is 0 Å². The van der Waals surface area contributed by atoms with E-state index in [1.807, 2.05) is 0 Å². The molecule has 0 aliphatic heterocycles. The molecular weight excluding hydrogens is 254 g/mol. The summed E-state index contributed by atoms with van der Waals surface area (Å²) in [5, 5.41) is 0. The zero-order valence-corrected chi connectivity index (χ0v) is 13.3. The van der Waals surface area contributed by atoms with E-state index in [1.165, 1.54) is 33.4 Å². The summed E-state index contributed by atoms with van der Waals surface area (Å²) >= 11 is 0. The van der Waals surface area contributed by atoms with Crippen molar-refractivity contribution in [3.63, 3.8) is 0 Å². The largest absolute Gasteiger partial charge is 0.330 e. The second-order valence-corrected chi connectivity index (χ2v) is 5.72. The van der Waals surface area contributed by atoms with Crippen LogP contribution in [0, 0.1) is 20.8 Å². The molecule has 0 fully saturated rings. The van der Waals surface area contributed by atoms with Gasteiger partial charge in [-0.3, -0.25) is 0 Å². The summed E-state index contributed by atoms with van der Waals surface area (Å²) < 4.78 is 0. The lowest BCUT2D eigenvalue weighted by atomic mass is 9.98. The predicted octanol–water partition coefficient (Wildman–Crippen LogP) is 4.67. The van der Waals surface area contributed by atoms with E-state index in [9.17, 15) is 0 Å². The molecule has 1 nitrogen and oxygen atoms in total. The number of rotatable bonds is 5. The molecule has 0 aromatic heterocycles. The van der Waals surface area contributed by atoms with E-state index in [0.717, 1.165) is 19.4 Å². The van der Waals surface area contributed by atoms with Gasteiger partial charge in [-0.1, -0.05) is 48.6 Å². The molecule has 2 aromatic carbocycles. The van der Waals surface area contributed by atoms with Crippen LogP contribution in [-0.2, 0) is 6.42 Å². The molecule has 0 saturated carbocycles. The molecule has 110 valence electrons. The third-order valence-corrected chi connectivity index (χ3v) is 3.98. The Labute approximate surface area is 128 Å². The van der Waals surface area contributed by atoms with Crippen molar-refractivity contribution in [3.05, 3.63) is 69.8 Å². The molecule has 0 saturated heterocycles. The Kier molecular flexibility index (Phi) is 5.35. The second kappa shape index (κ2) is 7.24. The van der Waals surface area contributed by atoms with Gasteiger partial charge in [0, 0.05) is 0 Å². The van der Waals surface area contributed by atoms with Gasteiger partial charge in [0.1, 0.15) is 0 Å². The maximum atomic E-state index is 5.60. The first-order chi connectivity index (χ1) is 10.1. The average Bonchev–Trinajstić information content (AvgIpc) is 2.47. The first-order valence-corrected chi connectivity index (χ1v) is 7.65. The van der Waals surface area contributed by atoms with Crippen LogP contribution in [0.4, 0.5) is 0 Å². The molecule has 0 unspecified atom stereocenters. The van der Waals surface area contributed by atoms with Crippen LogP contribution in [0.2, 0.25) is 0 Å². The van der Waals surface area contributed by atoms with Crippen molar-refractivity contribution in [2.75, 3.05) is 6.54 Å². The lowest BCUT2D eigenvalue weighted by molar-refractivity contribution is 0.832. The van der Waals surface area contributed by atoms with Crippen LogP contribution in [0.3, 0.4) is 0 Å². The first kappa shape index (κ1) is 15.5. The molecular formula is C20H25N. The van der Waals surface area contributed by atoms with Crippen molar-refractivity contribution >= 4 is 12.2 Å². The van der Waals surface area contributed by atoms with Gasteiger partial charge in [0.15, 0.2) is 0 Å². The van der Waals surface area contributed by atoms with Gasteiger partial charge in [-0.05, 0) is 73.5 Å². The third kappa shape index (κ3) is 4.05. The predicted molar refractivity (Wildman–Crippen MR) is 93.4 cm³/mol. The van der Waals surface area contributed by atoms with Crippen LogP contribution in [0.5, 0.6) is 0 Å². The molecule has 0 aliphatic rings. The van der Waals surface area contributed by atoms with E-state index >= 15 is 0 Å². The molecule has 21 heavy (non-hydrogen) atoms. The standard InChI is InChI=1S/C20H25N/c1-15-9-10-18(8-5-13-21)14-19(15)11-12-20-16(2)6-4-7-17(20)3/h4,6-7,9-12,14H,5,8,13,21H2,1-3H3/b12-11+. The van der Waals surface area contributed by atoms with Crippen molar-refractivity contribution in [3.8, 4) is 0 Å². The number of benzene rings is 2. The quantitative estimate of drug-likeness (QED) is 0.791. The van der Waals surface area contributed by atoms with Crippen molar-refractivity contribution in [1.29, 1.82) is 0 Å². The first-order valence-electron chi connectivity index (χ1n) is 7.65. The Bertz CT molecular complexity index is 618. The molecule has 0 heterocycles. The summed E-state index contributed by atoms with van der Waals surface area (Å²) in [5.41, 5.74) is 13.5. The van der Waals surface area contributed by atoms with Crippen LogP contribution >= 0.6 is 0 Å². The van der Waals surface area contributed by atoms with Gasteiger partial charge in [0.2, 0.25) is 0 Å². The van der Waals surface area contributed by atoms with Crippen molar-refractivity contribution < 1.29 is 0 Å². The lowest BCUT2D eigenvalue weighted by Crippen LogP contribution is -2.00. The zero-order valence-electron chi connectivity index (χ0n) is 13.3. The summed E-state index contributed by atoms with van der Waals surface area (Å²) in [7, 11) is 0. The molecule has 1 heteroatoms. The maximum Gasteiger partial charge on any atom is -0.00741 e. The topological polar surface area (TPSA) is 26.0 Å². The molecule has 0 bridgehead atoms. The highest BCUT2D eigenvalue weighted by Gasteiger charge is 2.00. The molecule has 0 amide bonds. The van der Waals surface area contributed by atoms with Crippen LogP contribution in [-0.4, -0.2) is 6.54 Å². The zero-order chi connectivity index (χ0) is 15.2. The molecule has 0 radical (unpaired) electrons. The van der Waals surface area contributed by atoms with Gasteiger partial charge >= 0.3 is 0 Å². The third-order valence-electron chi connectivity index (χ3n) is 3.98. The summed E-state index contributed by atoms with van der Waals surface area (Å²) in [4.78, 5) is 0. The molecule has 2 aromatic rings. The molecule has 2 N–H and O–H groups in total. The summed E-state index contributed by atoms with van der Waals surface area (Å²) in [5.74, 6) is 0. The molecule has 2 rings (SSSR count). The van der Waals surface area contributed by atoms with Gasteiger partial charge in [0.25, 0.3) is 0 Å². The van der Waals surface area contributed by atoms with Crippen molar-refractivity contribution in [1.82, 2.24) is 0 Å². The fourth-order valence-corrected chi connectivity index (χ4v) is 2.59. The minimum atomic E-state index is 0.751. The highest BCUT2D eigenvalue weighted by atomic mass is 14.5. The van der Waals surface area contributed by atoms with Gasteiger partial charge in [-0.25, -0.2) is 0 Å². The number of hydrogen-bond donors (Lipinski definition) is 1. The lowest BCUT2D eigenvalue weighted by Gasteiger charge is -2.07. The minimum absolute atomic E-state index is 0.751. The average molecular weight is 279 g/mol. The van der Waals surface area contributed by atoms with Crippen LogP contribution < -0.4 is 5.73 Å². The SMILES string of the molecule is Cc1ccc(CCCN)cc1/C=C/c1c(C)cccc1C. The van der Waals surface area contributed by atoms with Gasteiger partial charge in [-0.15, -0.1) is 0 Å². The smallest absolute Gasteiger partial charge is 0.00741 e. The monoisotopic (exact) mass is 279 g/mol. The second-order valence-electron chi connectivity index (χ2n) is 5.72. The van der Waals surface area contributed by atoms with Gasteiger partial charge < -0.3 is 5.73 Å². The van der Waals surface area contributed by atoms with E-state index in [4.69, 9.17) is 5.73 Å². The van der Waals surface area contributed by atoms with Crippen molar-refractivity contribution in [2.45, 2.75) is 33.6 Å².